The second kappa shape index (κ2) is 4.30. The SMILES string of the molecule is COC(CN)c1cc(F)ccc1F. The summed E-state index contributed by atoms with van der Waals surface area (Å²) in [5, 5.41) is 0. The Kier molecular flexibility index (Phi) is 3.33. The van der Waals surface area contributed by atoms with Crippen LogP contribution in [0, 0.1) is 11.6 Å². The normalized spacial score (nSPS) is 12.9. The second-order valence-corrected chi connectivity index (χ2v) is 2.63. The third kappa shape index (κ3) is 2.23. The first-order valence-corrected chi connectivity index (χ1v) is 3.87. The van der Waals surface area contributed by atoms with Crippen LogP contribution in [-0.2, 0) is 4.74 Å². The third-order valence-corrected chi connectivity index (χ3v) is 1.80. The summed E-state index contributed by atoms with van der Waals surface area (Å²) in [6.07, 6.45) is -0.587. The summed E-state index contributed by atoms with van der Waals surface area (Å²) in [4.78, 5) is 0. The quantitative estimate of drug-likeness (QED) is 0.780. The Balaban J connectivity index is 3.03. The monoisotopic (exact) mass is 187 g/mol. The molecule has 0 aliphatic heterocycles. The van der Waals surface area contributed by atoms with Crippen LogP contribution in [0.2, 0.25) is 0 Å². The molecule has 13 heavy (non-hydrogen) atoms. The molecule has 0 bridgehead atoms. The van der Waals surface area contributed by atoms with Crippen molar-refractivity contribution in [2.24, 2.45) is 5.73 Å². The van der Waals surface area contributed by atoms with Gasteiger partial charge in [0.25, 0.3) is 0 Å². The number of benzene rings is 1. The molecule has 0 amide bonds. The van der Waals surface area contributed by atoms with E-state index in [9.17, 15) is 8.78 Å². The Morgan fingerprint density at radius 1 is 1.46 bits per heavy atom. The fourth-order valence-corrected chi connectivity index (χ4v) is 1.11. The van der Waals surface area contributed by atoms with Gasteiger partial charge in [-0.2, -0.15) is 0 Å². The molecule has 2 N–H and O–H groups in total. The fraction of sp³-hybridized carbons (Fsp3) is 0.333. The number of halogens is 2. The molecular formula is C9H11F2NO. The van der Waals surface area contributed by atoms with E-state index in [4.69, 9.17) is 10.5 Å². The molecule has 2 nitrogen and oxygen atoms in total. The number of ether oxygens (including phenoxy) is 1. The maximum atomic E-state index is 13.1. The van der Waals surface area contributed by atoms with E-state index in [1.54, 1.807) is 0 Å². The molecule has 0 saturated carbocycles. The molecule has 1 unspecified atom stereocenters. The minimum absolute atomic E-state index is 0.122. The first-order chi connectivity index (χ1) is 6.19. The van der Waals surface area contributed by atoms with Crippen LogP contribution >= 0.6 is 0 Å². The van der Waals surface area contributed by atoms with Crippen molar-refractivity contribution in [1.29, 1.82) is 0 Å². The molecule has 72 valence electrons. The van der Waals surface area contributed by atoms with Crippen molar-refractivity contribution >= 4 is 0 Å². The van der Waals surface area contributed by atoms with Crippen LogP contribution in [0.15, 0.2) is 18.2 Å². The van der Waals surface area contributed by atoms with Crippen LogP contribution < -0.4 is 5.73 Å². The Hall–Kier alpha value is -1.00. The van der Waals surface area contributed by atoms with Crippen LogP contribution in [-0.4, -0.2) is 13.7 Å². The van der Waals surface area contributed by atoms with Crippen molar-refractivity contribution in [1.82, 2.24) is 0 Å². The second-order valence-electron chi connectivity index (χ2n) is 2.63. The zero-order chi connectivity index (χ0) is 9.84. The molecule has 0 aliphatic rings. The fourth-order valence-electron chi connectivity index (χ4n) is 1.11. The first-order valence-electron chi connectivity index (χ1n) is 3.87. The Bertz CT molecular complexity index is 287. The average Bonchev–Trinajstić information content (AvgIpc) is 2.13. The lowest BCUT2D eigenvalue weighted by atomic mass is 10.1. The number of hydrogen-bond donors (Lipinski definition) is 1. The molecule has 0 saturated heterocycles. The molecule has 0 heterocycles. The maximum absolute atomic E-state index is 13.1. The minimum Gasteiger partial charge on any atom is -0.375 e. The highest BCUT2D eigenvalue weighted by atomic mass is 19.1. The number of hydrogen-bond acceptors (Lipinski definition) is 2. The van der Waals surface area contributed by atoms with E-state index in [2.05, 4.69) is 0 Å². The van der Waals surface area contributed by atoms with E-state index in [-0.39, 0.29) is 12.1 Å². The van der Waals surface area contributed by atoms with Crippen LogP contribution in [0.1, 0.15) is 11.7 Å². The highest BCUT2D eigenvalue weighted by Crippen LogP contribution is 2.19. The van der Waals surface area contributed by atoms with Crippen molar-refractivity contribution in [2.75, 3.05) is 13.7 Å². The van der Waals surface area contributed by atoms with Gasteiger partial charge < -0.3 is 10.5 Å². The van der Waals surface area contributed by atoms with Gasteiger partial charge in [0.2, 0.25) is 0 Å². The molecule has 1 aromatic carbocycles. The van der Waals surface area contributed by atoms with Crippen molar-refractivity contribution in [3.05, 3.63) is 35.4 Å². The van der Waals surface area contributed by atoms with Gasteiger partial charge in [-0.05, 0) is 18.2 Å². The number of methoxy groups -OCH3 is 1. The van der Waals surface area contributed by atoms with Gasteiger partial charge in [-0.3, -0.25) is 0 Å². The molecule has 0 aromatic heterocycles. The molecule has 1 rings (SSSR count). The van der Waals surface area contributed by atoms with E-state index in [0.29, 0.717) is 0 Å². The van der Waals surface area contributed by atoms with Crippen LogP contribution in [0.25, 0.3) is 0 Å². The van der Waals surface area contributed by atoms with Gasteiger partial charge in [-0.15, -0.1) is 0 Å². The van der Waals surface area contributed by atoms with Crippen molar-refractivity contribution < 1.29 is 13.5 Å². The zero-order valence-electron chi connectivity index (χ0n) is 7.26. The van der Waals surface area contributed by atoms with Gasteiger partial charge in [0.15, 0.2) is 0 Å². The highest BCUT2D eigenvalue weighted by Gasteiger charge is 2.13. The molecule has 0 aliphatic carbocycles. The molecule has 4 heteroatoms. The van der Waals surface area contributed by atoms with Gasteiger partial charge >= 0.3 is 0 Å². The molecule has 0 spiro atoms. The summed E-state index contributed by atoms with van der Waals surface area (Å²) in [7, 11) is 1.40. The zero-order valence-corrected chi connectivity index (χ0v) is 7.26. The van der Waals surface area contributed by atoms with Gasteiger partial charge in [-0.25, -0.2) is 8.78 Å². The summed E-state index contributed by atoms with van der Waals surface area (Å²) >= 11 is 0. The Morgan fingerprint density at radius 3 is 2.69 bits per heavy atom. The van der Waals surface area contributed by atoms with Gasteiger partial charge in [0.05, 0.1) is 6.10 Å². The van der Waals surface area contributed by atoms with Crippen molar-refractivity contribution in [3.8, 4) is 0 Å². The van der Waals surface area contributed by atoms with E-state index in [1.807, 2.05) is 0 Å². The topological polar surface area (TPSA) is 35.2 Å². The lowest BCUT2D eigenvalue weighted by molar-refractivity contribution is 0.107. The predicted octanol–water partition coefficient (Wildman–Crippen LogP) is 1.61. The van der Waals surface area contributed by atoms with Crippen LogP contribution in [0.3, 0.4) is 0 Å². The molecule has 0 fully saturated rings. The summed E-state index contributed by atoms with van der Waals surface area (Å²) in [5.41, 5.74) is 5.48. The van der Waals surface area contributed by atoms with Crippen molar-refractivity contribution in [2.45, 2.75) is 6.10 Å². The van der Waals surface area contributed by atoms with Crippen LogP contribution in [0.4, 0.5) is 8.78 Å². The standard InChI is InChI=1S/C9H11F2NO/c1-13-9(5-12)7-4-6(10)2-3-8(7)11/h2-4,9H,5,12H2,1H3. The summed E-state index contributed by atoms with van der Waals surface area (Å²) in [6, 6.07) is 3.21. The lowest BCUT2D eigenvalue weighted by Crippen LogP contribution is -2.15. The first kappa shape index (κ1) is 10.1. The smallest absolute Gasteiger partial charge is 0.129 e. The van der Waals surface area contributed by atoms with E-state index in [1.165, 1.54) is 7.11 Å². The molecule has 0 radical (unpaired) electrons. The van der Waals surface area contributed by atoms with E-state index < -0.39 is 17.7 Å². The Labute approximate surface area is 75.3 Å². The van der Waals surface area contributed by atoms with Crippen LogP contribution in [0.5, 0.6) is 0 Å². The van der Waals surface area contributed by atoms with Crippen molar-refractivity contribution in [3.63, 3.8) is 0 Å². The largest absolute Gasteiger partial charge is 0.375 e. The van der Waals surface area contributed by atoms with E-state index in [0.717, 1.165) is 18.2 Å². The molecule has 1 atom stereocenters. The maximum Gasteiger partial charge on any atom is 0.129 e. The Morgan fingerprint density at radius 2 is 2.15 bits per heavy atom. The third-order valence-electron chi connectivity index (χ3n) is 1.80. The lowest BCUT2D eigenvalue weighted by Gasteiger charge is -2.13. The highest BCUT2D eigenvalue weighted by molar-refractivity contribution is 5.21. The average molecular weight is 187 g/mol. The molecule has 1 aromatic rings. The number of rotatable bonds is 3. The summed E-state index contributed by atoms with van der Waals surface area (Å²) < 4.78 is 30.7. The summed E-state index contributed by atoms with van der Waals surface area (Å²) in [5.74, 6) is -0.995. The van der Waals surface area contributed by atoms with Gasteiger partial charge in [0.1, 0.15) is 11.6 Å². The summed E-state index contributed by atoms with van der Waals surface area (Å²) in [6.45, 7) is 0.122. The van der Waals surface area contributed by atoms with Gasteiger partial charge in [0, 0.05) is 19.2 Å². The van der Waals surface area contributed by atoms with Gasteiger partial charge in [-0.1, -0.05) is 0 Å². The number of nitrogens with two attached hydrogens (primary N) is 1. The minimum atomic E-state index is -0.587. The predicted molar refractivity (Wildman–Crippen MR) is 45.2 cm³/mol. The molecular weight excluding hydrogens is 176 g/mol. The van der Waals surface area contributed by atoms with E-state index >= 15 is 0 Å².